The van der Waals surface area contributed by atoms with Gasteiger partial charge in [0.1, 0.15) is 42.2 Å². The third-order valence-corrected chi connectivity index (χ3v) is 9.98. The van der Waals surface area contributed by atoms with Crippen molar-refractivity contribution in [3.05, 3.63) is 120 Å². The SMILES string of the molecule is FCCOc1ccc([P+](Cc2ccc(Cl)cc2)(c2ccccc2)c2ccccc2)cc1. The Bertz CT molecular complexity index is 1040. The van der Waals surface area contributed by atoms with Crippen molar-refractivity contribution < 1.29 is 9.13 Å². The molecule has 0 aliphatic carbocycles. The normalized spacial score (nSPS) is 11.3. The van der Waals surface area contributed by atoms with Gasteiger partial charge >= 0.3 is 0 Å². The first-order valence-electron chi connectivity index (χ1n) is 10.3. The Morgan fingerprint density at radius 1 is 0.645 bits per heavy atom. The smallest absolute Gasteiger partial charge is 0.123 e. The number of hydrogen-bond acceptors (Lipinski definition) is 1. The predicted molar refractivity (Wildman–Crippen MR) is 132 cm³/mol. The third kappa shape index (κ3) is 4.82. The molecule has 0 heterocycles. The molecule has 0 amide bonds. The summed E-state index contributed by atoms with van der Waals surface area (Å²) in [5, 5.41) is 4.62. The summed E-state index contributed by atoms with van der Waals surface area (Å²) in [5.41, 5.74) is 1.24. The van der Waals surface area contributed by atoms with E-state index in [4.69, 9.17) is 16.3 Å². The Labute approximate surface area is 188 Å². The van der Waals surface area contributed by atoms with Gasteiger partial charge in [-0.1, -0.05) is 60.1 Å². The van der Waals surface area contributed by atoms with Crippen molar-refractivity contribution in [1.82, 2.24) is 0 Å². The zero-order chi connectivity index (χ0) is 21.5. The quantitative estimate of drug-likeness (QED) is 0.292. The van der Waals surface area contributed by atoms with Gasteiger partial charge in [-0.15, -0.1) is 0 Å². The highest BCUT2D eigenvalue weighted by Gasteiger charge is 2.45. The molecule has 31 heavy (non-hydrogen) atoms. The van der Waals surface area contributed by atoms with Crippen LogP contribution in [-0.2, 0) is 6.16 Å². The van der Waals surface area contributed by atoms with Gasteiger partial charge < -0.3 is 4.74 Å². The number of halogens is 2. The first-order valence-corrected chi connectivity index (χ1v) is 12.6. The van der Waals surface area contributed by atoms with Gasteiger partial charge in [0.15, 0.2) is 0 Å². The highest BCUT2D eigenvalue weighted by atomic mass is 35.5. The third-order valence-electron chi connectivity index (χ3n) is 5.35. The van der Waals surface area contributed by atoms with E-state index in [2.05, 4.69) is 84.9 Å². The molecule has 156 valence electrons. The maximum atomic E-state index is 12.5. The lowest BCUT2D eigenvalue weighted by Gasteiger charge is -2.28. The minimum atomic E-state index is -2.01. The standard InChI is InChI=1S/C27H24ClFOP/c28-23-13-11-22(12-14-23)21-31(25-7-3-1-4-8-25,26-9-5-2-6-10-26)27-17-15-24(16-18-27)30-20-19-29/h1-18H,19-21H2/q+1. The van der Waals surface area contributed by atoms with Crippen molar-refractivity contribution >= 4 is 34.8 Å². The van der Waals surface area contributed by atoms with Crippen molar-refractivity contribution in [2.45, 2.75) is 6.16 Å². The summed E-state index contributed by atoms with van der Waals surface area (Å²) in [7, 11) is -2.01. The first-order chi connectivity index (χ1) is 15.2. The van der Waals surface area contributed by atoms with Crippen LogP contribution >= 0.6 is 18.9 Å². The van der Waals surface area contributed by atoms with E-state index in [0.717, 1.165) is 11.2 Å². The van der Waals surface area contributed by atoms with Gasteiger partial charge in [-0.25, -0.2) is 4.39 Å². The second kappa shape index (κ2) is 10.1. The van der Waals surface area contributed by atoms with Gasteiger partial charge in [-0.05, 0) is 66.2 Å². The fraction of sp³-hybridized carbons (Fsp3) is 0.111. The van der Waals surface area contributed by atoms with Crippen LogP contribution in [0, 0.1) is 0 Å². The topological polar surface area (TPSA) is 9.23 Å². The lowest BCUT2D eigenvalue weighted by atomic mass is 10.2. The molecule has 0 N–H and O–H groups in total. The number of benzene rings is 4. The van der Waals surface area contributed by atoms with E-state index < -0.39 is 13.9 Å². The Hall–Kier alpha value is -2.67. The molecule has 0 spiro atoms. The number of hydrogen-bond donors (Lipinski definition) is 0. The van der Waals surface area contributed by atoms with Crippen LogP contribution in [0.4, 0.5) is 4.39 Å². The Morgan fingerprint density at radius 3 is 1.68 bits per heavy atom. The van der Waals surface area contributed by atoms with Crippen LogP contribution in [0.3, 0.4) is 0 Å². The second-order valence-corrected chi connectivity index (χ2v) is 11.2. The van der Waals surface area contributed by atoms with Crippen LogP contribution in [-0.4, -0.2) is 13.3 Å². The summed E-state index contributed by atoms with van der Waals surface area (Å²) < 4.78 is 18.0. The summed E-state index contributed by atoms with van der Waals surface area (Å²) in [6.07, 6.45) is 0.878. The molecule has 0 aliphatic heterocycles. The molecule has 0 aromatic heterocycles. The van der Waals surface area contributed by atoms with Crippen LogP contribution in [0.2, 0.25) is 5.02 Å². The van der Waals surface area contributed by atoms with Crippen LogP contribution in [0.5, 0.6) is 5.75 Å². The van der Waals surface area contributed by atoms with E-state index >= 15 is 0 Å². The van der Waals surface area contributed by atoms with Crippen LogP contribution in [0.25, 0.3) is 0 Å². The number of ether oxygens (including phenoxy) is 1. The number of rotatable bonds is 8. The second-order valence-electron chi connectivity index (χ2n) is 7.30. The maximum absolute atomic E-state index is 12.5. The van der Waals surface area contributed by atoms with Crippen LogP contribution < -0.4 is 20.7 Å². The zero-order valence-corrected chi connectivity index (χ0v) is 18.8. The first kappa shape index (κ1) is 21.6. The molecule has 4 heteroatoms. The molecule has 0 bridgehead atoms. The number of alkyl halides is 1. The summed E-state index contributed by atoms with van der Waals surface area (Å²) in [6.45, 7) is -0.426. The van der Waals surface area contributed by atoms with Gasteiger partial charge in [-0.3, -0.25) is 0 Å². The Morgan fingerprint density at radius 2 is 1.16 bits per heavy atom. The molecule has 0 saturated heterocycles. The van der Waals surface area contributed by atoms with E-state index in [9.17, 15) is 4.39 Å². The Balaban J connectivity index is 1.90. The average Bonchev–Trinajstić information content (AvgIpc) is 2.84. The highest BCUT2D eigenvalue weighted by Crippen LogP contribution is 2.58. The molecule has 1 nitrogen and oxygen atoms in total. The fourth-order valence-electron chi connectivity index (χ4n) is 3.90. The molecular formula is C27H24ClFOP+. The Kier molecular flexibility index (Phi) is 7.02. The lowest BCUT2D eigenvalue weighted by molar-refractivity contribution is 0.273. The van der Waals surface area contributed by atoms with Gasteiger partial charge in [0, 0.05) is 5.02 Å². The van der Waals surface area contributed by atoms with Crippen molar-refractivity contribution in [3.63, 3.8) is 0 Å². The molecular weight excluding hydrogens is 426 g/mol. The van der Waals surface area contributed by atoms with Crippen LogP contribution in [0.15, 0.2) is 109 Å². The lowest BCUT2D eigenvalue weighted by Crippen LogP contribution is -2.32. The molecule has 0 radical (unpaired) electrons. The molecule has 4 aromatic carbocycles. The van der Waals surface area contributed by atoms with Crippen molar-refractivity contribution in [3.8, 4) is 5.75 Å². The minimum Gasteiger partial charge on any atom is -0.491 e. The van der Waals surface area contributed by atoms with Gasteiger partial charge in [-0.2, -0.15) is 0 Å². The predicted octanol–water partition coefficient (Wildman–Crippen LogP) is 6.18. The van der Waals surface area contributed by atoms with E-state index in [-0.39, 0.29) is 6.61 Å². The maximum Gasteiger partial charge on any atom is 0.123 e. The zero-order valence-electron chi connectivity index (χ0n) is 17.1. The van der Waals surface area contributed by atoms with Crippen LogP contribution in [0.1, 0.15) is 5.56 Å². The van der Waals surface area contributed by atoms with E-state index in [1.54, 1.807) is 0 Å². The van der Waals surface area contributed by atoms with Gasteiger partial charge in [0.25, 0.3) is 0 Å². The fourth-order valence-corrected chi connectivity index (χ4v) is 8.25. The summed E-state index contributed by atoms with van der Waals surface area (Å²) >= 11 is 6.16. The van der Waals surface area contributed by atoms with Gasteiger partial charge in [0.05, 0.1) is 6.16 Å². The van der Waals surface area contributed by atoms with E-state index in [1.807, 2.05) is 24.3 Å². The highest BCUT2D eigenvalue weighted by molar-refractivity contribution is 7.95. The summed E-state index contributed by atoms with van der Waals surface area (Å²) in [5.74, 6) is 0.687. The van der Waals surface area contributed by atoms with Crippen molar-refractivity contribution in [2.75, 3.05) is 13.3 Å². The monoisotopic (exact) mass is 449 g/mol. The average molecular weight is 450 g/mol. The summed E-state index contributed by atoms with van der Waals surface area (Å²) in [6, 6.07) is 37.7. The molecule has 0 unspecified atom stereocenters. The summed E-state index contributed by atoms with van der Waals surface area (Å²) in [4.78, 5) is 0. The van der Waals surface area contributed by atoms with Crippen molar-refractivity contribution in [1.29, 1.82) is 0 Å². The minimum absolute atomic E-state index is 0.0712. The molecule has 0 saturated carbocycles. The van der Waals surface area contributed by atoms with E-state index in [1.165, 1.54) is 21.5 Å². The molecule has 0 fully saturated rings. The molecule has 4 rings (SSSR count). The van der Waals surface area contributed by atoms with E-state index in [0.29, 0.717) is 5.75 Å². The molecule has 0 atom stereocenters. The van der Waals surface area contributed by atoms with Crippen molar-refractivity contribution in [2.24, 2.45) is 0 Å². The molecule has 4 aromatic rings. The molecule has 0 aliphatic rings. The van der Waals surface area contributed by atoms with Gasteiger partial charge in [0.2, 0.25) is 0 Å². The largest absolute Gasteiger partial charge is 0.491 e.